The Labute approximate surface area is 98.6 Å². The summed E-state index contributed by atoms with van der Waals surface area (Å²) in [6, 6.07) is 4.91. The number of hydrogen-bond donors (Lipinski definition) is 3. The van der Waals surface area contributed by atoms with Crippen LogP contribution in [0.1, 0.15) is 11.7 Å². The van der Waals surface area contributed by atoms with Crippen LogP contribution in [0.3, 0.4) is 0 Å². The number of benzene rings is 1. The van der Waals surface area contributed by atoms with Crippen LogP contribution in [0.5, 0.6) is 5.75 Å². The summed E-state index contributed by atoms with van der Waals surface area (Å²) in [5.74, 6) is -0.0417. The molecule has 3 N–H and O–H groups in total. The van der Waals surface area contributed by atoms with E-state index in [0.717, 1.165) is 0 Å². The lowest BCUT2D eigenvalue weighted by Crippen LogP contribution is -2.19. The Morgan fingerprint density at radius 1 is 1.29 bits per heavy atom. The van der Waals surface area contributed by atoms with Crippen molar-refractivity contribution in [3.8, 4) is 5.75 Å². The molecule has 0 aromatic heterocycles. The Morgan fingerprint density at radius 2 is 1.93 bits per heavy atom. The molecule has 0 bridgehead atoms. The van der Waals surface area contributed by atoms with Gasteiger partial charge >= 0.3 is 0 Å². The summed E-state index contributed by atoms with van der Waals surface area (Å²) in [5, 5.41) is 28.8. The van der Waals surface area contributed by atoms with E-state index in [-0.39, 0.29) is 11.1 Å². The van der Waals surface area contributed by atoms with Gasteiger partial charge in [-0.15, -0.1) is 0 Å². The van der Waals surface area contributed by atoms with Gasteiger partial charge in [0.1, 0.15) is 11.9 Å². The third-order valence-electron chi connectivity index (χ3n) is 1.86. The van der Waals surface area contributed by atoms with Crippen molar-refractivity contribution >= 4 is 31.9 Å². The Hall–Kier alpha value is -0.100. The second-order valence-corrected chi connectivity index (χ2v) is 4.35. The fourth-order valence-electron chi connectivity index (χ4n) is 1.06. The average Bonchev–Trinajstić information content (AvgIpc) is 2.20. The first-order chi connectivity index (χ1) is 6.57. The van der Waals surface area contributed by atoms with Gasteiger partial charge in [-0.25, -0.2) is 0 Å². The number of hydrogen-bond acceptors (Lipinski definition) is 3. The number of aromatic hydroxyl groups is 1. The standard InChI is InChI=1S/C9H10Br2O3/c10-4-7(12)9(14)5-2-1-3-6(11)8(5)13/h1-3,7,9,12-14H,4H2. The van der Waals surface area contributed by atoms with E-state index in [0.29, 0.717) is 10.0 Å². The highest BCUT2D eigenvalue weighted by Gasteiger charge is 2.20. The van der Waals surface area contributed by atoms with E-state index in [1.54, 1.807) is 18.2 Å². The van der Waals surface area contributed by atoms with Crippen LogP contribution in [0, 0.1) is 0 Å². The van der Waals surface area contributed by atoms with Crippen molar-refractivity contribution in [3.63, 3.8) is 0 Å². The molecule has 2 unspecified atom stereocenters. The lowest BCUT2D eigenvalue weighted by Gasteiger charge is -2.17. The largest absolute Gasteiger partial charge is 0.506 e. The van der Waals surface area contributed by atoms with Crippen LogP contribution in [-0.2, 0) is 0 Å². The van der Waals surface area contributed by atoms with E-state index in [1.165, 1.54) is 0 Å². The molecule has 14 heavy (non-hydrogen) atoms. The first-order valence-corrected chi connectivity index (χ1v) is 5.88. The third-order valence-corrected chi connectivity index (χ3v) is 3.16. The Kier molecular flexibility index (Phi) is 4.37. The van der Waals surface area contributed by atoms with Crippen LogP contribution in [-0.4, -0.2) is 26.8 Å². The van der Waals surface area contributed by atoms with Crippen molar-refractivity contribution in [2.45, 2.75) is 12.2 Å². The van der Waals surface area contributed by atoms with Crippen LogP contribution >= 0.6 is 31.9 Å². The van der Waals surface area contributed by atoms with Crippen LogP contribution in [0.2, 0.25) is 0 Å². The molecular formula is C9H10Br2O3. The van der Waals surface area contributed by atoms with E-state index in [2.05, 4.69) is 31.9 Å². The highest BCUT2D eigenvalue weighted by Crippen LogP contribution is 2.33. The molecular weight excluding hydrogens is 316 g/mol. The minimum atomic E-state index is -1.09. The first kappa shape index (κ1) is 12.0. The predicted octanol–water partition coefficient (Wildman–Crippen LogP) is 1.94. The van der Waals surface area contributed by atoms with Gasteiger partial charge in [0.2, 0.25) is 0 Å². The molecule has 0 radical (unpaired) electrons. The maximum atomic E-state index is 9.63. The van der Waals surface area contributed by atoms with Gasteiger partial charge in [-0.05, 0) is 22.0 Å². The SMILES string of the molecule is Oc1c(Br)cccc1C(O)C(O)CBr. The zero-order valence-corrected chi connectivity index (χ0v) is 10.4. The quantitative estimate of drug-likeness (QED) is 0.744. The molecule has 2 atom stereocenters. The number of aliphatic hydroxyl groups is 2. The molecule has 0 aliphatic rings. The van der Waals surface area contributed by atoms with Crippen molar-refractivity contribution < 1.29 is 15.3 Å². The molecule has 0 saturated carbocycles. The molecule has 1 rings (SSSR count). The van der Waals surface area contributed by atoms with Crippen LogP contribution in [0.4, 0.5) is 0 Å². The van der Waals surface area contributed by atoms with Crippen molar-refractivity contribution in [2.75, 3.05) is 5.33 Å². The second kappa shape index (κ2) is 5.11. The molecule has 0 amide bonds. The van der Waals surface area contributed by atoms with E-state index < -0.39 is 12.2 Å². The van der Waals surface area contributed by atoms with Gasteiger partial charge in [-0.3, -0.25) is 0 Å². The van der Waals surface area contributed by atoms with Gasteiger partial charge in [0.25, 0.3) is 0 Å². The van der Waals surface area contributed by atoms with Gasteiger partial charge in [0.05, 0.1) is 10.6 Å². The number of halogens is 2. The van der Waals surface area contributed by atoms with Crippen molar-refractivity contribution in [1.82, 2.24) is 0 Å². The van der Waals surface area contributed by atoms with Crippen LogP contribution in [0.25, 0.3) is 0 Å². The van der Waals surface area contributed by atoms with E-state index in [1.807, 2.05) is 0 Å². The van der Waals surface area contributed by atoms with Gasteiger partial charge in [-0.2, -0.15) is 0 Å². The van der Waals surface area contributed by atoms with Crippen molar-refractivity contribution in [2.24, 2.45) is 0 Å². The van der Waals surface area contributed by atoms with E-state index >= 15 is 0 Å². The van der Waals surface area contributed by atoms with Gasteiger partial charge in [0, 0.05) is 10.9 Å². The minimum absolute atomic E-state index is 0.0417. The predicted molar refractivity (Wildman–Crippen MR) is 60.6 cm³/mol. The summed E-state index contributed by atoms with van der Waals surface area (Å²) in [4.78, 5) is 0. The molecule has 1 aromatic rings. The summed E-state index contributed by atoms with van der Waals surface area (Å²) < 4.78 is 0.496. The summed E-state index contributed by atoms with van der Waals surface area (Å²) in [5.41, 5.74) is 0.311. The molecule has 5 heteroatoms. The van der Waals surface area contributed by atoms with Crippen molar-refractivity contribution in [3.05, 3.63) is 28.2 Å². The minimum Gasteiger partial charge on any atom is -0.506 e. The zero-order valence-electron chi connectivity index (χ0n) is 7.19. The summed E-state index contributed by atoms with van der Waals surface area (Å²) >= 11 is 6.18. The Bertz CT molecular complexity index is 317. The monoisotopic (exact) mass is 324 g/mol. The lowest BCUT2D eigenvalue weighted by molar-refractivity contribution is 0.0327. The molecule has 78 valence electrons. The molecule has 1 aromatic carbocycles. The Morgan fingerprint density at radius 3 is 2.50 bits per heavy atom. The van der Waals surface area contributed by atoms with Crippen molar-refractivity contribution in [1.29, 1.82) is 0 Å². The lowest BCUT2D eigenvalue weighted by atomic mass is 10.0. The highest BCUT2D eigenvalue weighted by molar-refractivity contribution is 9.10. The molecule has 3 nitrogen and oxygen atoms in total. The molecule has 0 fully saturated rings. The number of rotatable bonds is 3. The Balaban J connectivity index is 3.01. The molecule has 0 aliphatic carbocycles. The normalized spacial score (nSPS) is 15.1. The number of phenols is 1. The average molecular weight is 326 g/mol. The van der Waals surface area contributed by atoms with Crippen LogP contribution in [0.15, 0.2) is 22.7 Å². The second-order valence-electron chi connectivity index (χ2n) is 2.84. The number of alkyl halides is 1. The molecule has 0 spiro atoms. The van der Waals surface area contributed by atoms with E-state index in [4.69, 9.17) is 0 Å². The highest BCUT2D eigenvalue weighted by atomic mass is 79.9. The molecule has 0 saturated heterocycles. The first-order valence-electron chi connectivity index (χ1n) is 3.97. The summed E-state index contributed by atoms with van der Waals surface area (Å²) in [6.45, 7) is 0. The maximum Gasteiger partial charge on any atom is 0.135 e. The third kappa shape index (κ3) is 2.48. The number of aliphatic hydroxyl groups excluding tert-OH is 2. The fraction of sp³-hybridized carbons (Fsp3) is 0.333. The number of phenolic OH excluding ortho intramolecular Hbond substituents is 1. The van der Waals surface area contributed by atoms with Gasteiger partial charge in [0.15, 0.2) is 0 Å². The molecule has 0 aliphatic heterocycles. The number of para-hydroxylation sites is 1. The molecule has 0 heterocycles. The van der Waals surface area contributed by atoms with Crippen LogP contribution < -0.4 is 0 Å². The smallest absolute Gasteiger partial charge is 0.135 e. The van der Waals surface area contributed by atoms with Gasteiger partial charge in [-0.1, -0.05) is 28.1 Å². The van der Waals surface area contributed by atoms with Gasteiger partial charge < -0.3 is 15.3 Å². The fourth-order valence-corrected chi connectivity index (χ4v) is 1.80. The zero-order chi connectivity index (χ0) is 10.7. The topological polar surface area (TPSA) is 60.7 Å². The van der Waals surface area contributed by atoms with E-state index in [9.17, 15) is 15.3 Å². The summed E-state index contributed by atoms with van der Waals surface area (Å²) in [7, 11) is 0. The maximum absolute atomic E-state index is 9.63. The summed E-state index contributed by atoms with van der Waals surface area (Å²) in [6.07, 6.45) is -2.03.